The normalized spacial score (nSPS) is 11.7. The average molecular weight is 283 g/mol. The predicted molar refractivity (Wildman–Crippen MR) is 74.5 cm³/mol. The first-order chi connectivity index (χ1) is 9.57. The first kappa shape index (κ1) is 16.1. The van der Waals surface area contributed by atoms with E-state index in [-0.39, 0.29) is 18.6 Å². The van der Waals surface area contributed by atoms with E-state index in [1.807, 2.05) is 6.92 Å². The number of hydrogen-bond acceptors (Lipinski definition) is 5. The Kier molecular flexibility index (Phi) is 6.11. The Bertz CT molecular complexity index is 436. The van der Waals surface area contributed by atoms with Gasteiger partial charge in [0.15, 0.2) is 11.5 Å². The second-order valence-corrected chi connectivity index (χ2v) is 4.18. The molecule has 0 unspecified atom stereocenters. The Morgan fingerprint density at radius 3 is 2.05 bits per heavy atom. The summed E-state index contributed by atoms with van der Waals surface area (Å²) in [4.78, 5) is 11.5. The van der Waals surface area contributed by atoms with E-state index in [0.717, 1.165) is 5.56 Å². The van der Waals surface area contributed by atoms with Crippen LogP contribution >= 0.6 is 0 Å². The topological polar surface area (TPSA) is 66.0 Å². The van der Waals surface area contributed by atoms with Gasteiger partial charge in [0.25, 0.3) is 0 Å². The molecule has 1 amide bonds. The summed E-state index contributed by atoms with van der Waals surface area (Å²) in [6.45, 7) is 1.89. The number of carbonyl (C=O) groups excluding carboxylic acids is 1. The van der Waals surface area contributed by atoms with Crippen LogP contribution in [0.5, 0.6) is 17.2 Å². The molecule has 0 heterocycles. The molecule has 0 fully saturated rings. The van der Waals surface area contributed by atoms with Gasteiger partial charge in [0.05, 0.1) is 27.4 Å². The number of hydrogen-bond donors (Lipinski definition) is 1. The van der Waals surface area contributed by atoms with Gasteiger partial charge in [0.2, 0.25) is 11.7 Å². The molecule has 0 radical (unpaired) electrons. The lowest BCUT2D eigenvalue weighted by Gasteiger charge is -2.18. The molecule has 0 aliphatic heterocycles. The minimum Gasteiger partial charge on any atom is -0.493 e. The smallest absolute Gasteiger partial charge is 0.246 e. The minimum absolute atomic E-state index is 0.0226. The molecule has 1 atom stereocenters. The number of benzene rings is 1. The van der Waals surface area contributed by atoms with Crippen molar-refractivity contribution in [3.63, 3.8) is 0 Å². The highest BCUT2D eigenvalue weighted by Crippen LogP contribution is 2.39. The van der Waals surface area contributed by atoms with Crippen LogP contribution in [-0.2, 0) is 9.53 Å². The van der Waals surface area contributed by atoms with Crippen LogP contribution < -0.4 is 19.5 Å². The van der Waals surface area contributed by atoms with Gasteiger partial charge in [-0.05, 0) is 24.6 Å². The van der Waals surface area contributed by atoms with E-state index in [0.29, 0.717) is 17.2 Å². The van der Waals surface area contributed by atoms with Crippen LogP contribution in [0.3, 0.4) is 0 Å². The third-order valence-corrected chi connectivity index (χ3v) is 2.84. The summed E-state index contributed by atoms with van der Waals surface area (Å²) < 4.78 is 20.6. The molecule has 6 heteroatoms. The Labute approximate surface area is 119 Å². The van der Waals surface area contributed by atoms with E-state index in [1.165, 1.54) is 7.11 Å². The lowest BCUT2D eigenvalue weighted by molar-refractivity contribution is -0.125. The van der Waals surface area contributed by atoms with Crippen molar-refractivity contribution in [3.8, 4) is 17.2 Å². The van der Waals surface area contributed by atoms with Crippen molar-refractivity contribution in [2.75, 3.05) is 35.0 Å². The third-order valence-electron chi connectivity index (χ3n) is 2.84. The van der Waals surface area contributed by atoms with Crippen molar-refractivity contribution in [1.82, 2.24) is 5.32 Å². The Balaban J connectivity index is 3.03. The monoisotopic (exact) mass is 283 g/mol. The molecular weight excluding hydrogens is 262 g/mol. The van der Waals surface area contributed by atoms with Crippen molar-refractivity contribution in [3.05, 3.63) is 17.7 Å². The van der Waals surface area contributed by atoms with Crippen molar-refractivity contribution in [2.24, 2.45) is 0 Å². The van der Waals surface area contributed by atoms with Crippen LogP contribution in [0, 0.1) is 0 Å². The van der Waals surface area contributed by atoms with Gasteiger partial charge in [-0.25, -0.2) is 0 Å². The third kappa shape index (κ3) is 3.77. The van der Waals surface area contributed by atoms with Crippen molar-refractivity contribution in [1.29, 1.82) is 0 Å². The highest BCUT2D eigenvalue weighted by Gasteiger charge is 2.17. The zero-order valence-corrected chi connectivity index (χ0v) is 12.5. The van der Waals surface area contributed by atoms with Gasteiger partial charge in [0.1, 0.15) is 6.61 Å². The fraction of sp³-hybridized carbons (Fsp3) is 0.500. The molecule has 6 nitrogen and oxygen atoms in total. The lowest BCUT2D eigenvalue weighted by atomic mass is 10.1. The summed E-state index contributed by atoms with van der Waals surface area (Å²) in [5, 5.41) is 2.82. The lowest BCUT2D eigenvalue weighted by Crippen LogP contribution is -2.29. The highest BCUT2D eigenvalue weighted by atomic mass is 16.5. The van der Waals surface area contributed by atoms with Crippen LogP contribution in [0.2, 0.25) is 0 Å². The molecule has 1 aromatic rings. The second-order valence-electron chi connectivity index (χ2n) is 4.18. The van der Waals surface area contributed by atoms with Crippen molar-refractivity contribution >= 4 is 5.91 Å². The van der Waals surface area contributed by atoms with Gasteiger partial charge in [-0.15, -0.1) is 0 Å². The summed E-state index contributed by atoms with van der Waals surface area (Å²) >= 11 is 0. The Morgan fingerprint density at radius 2 is 1.65 bits per heavy atom. The molecule has 20 heavy (non-hydrogen) atoms. The number of methoxy groups -OCH3 is 4. The summed E-state index contributed by atoms with van der Waals surface area (Å²) in [5.74, 6) is 1.44. The zero-order valence-electron chi connectivity index (χ0n) is 12.5. The van der Waals surface area contributed by atoms with E-state index in [2.05, 4.69) is 5.32 Å². The first-order valence-electron chi connectivity index (χ1n) is 6.15. The standard InChI is InChI=1S/C14H21NO5/c1-9(15-13(16)8-17-2)10-6-11(18-3)14(20-5)12(7-10)19-4/h6-7,9H,8H2,1-5H3,(H,15,16)/t9-/m1/s1. The van der Waals surface area contributed by atoms with Crippen LogP contribution in [0.4, 0.5) is 0 Å². The van der Waals surface area contributed by atoms with E-state index in [1.54, 1.807) is 33.5 Å². The first-order valence-corrected chi connectivity index (χ1v) is 6.15. The van der Waals surface area contributed by atoms with Crippen molar-refractivity contribution < 1.29 is 23.7 Å². The molecule has 0 aromatic heterocycles. The maximum Gasteiger partial charge on any atom is 0.246 e. The molecule has 0 aliphatic rings. The van der Waals surface area contributed by atoms with E-state index >= 15 is 0 Å². The number of nitrogens with one attached hydrogen (secondary N) is 1. The summed E-state index contributed by atoms with van der Waals surface area (Å²) in [7, 11) is 6.12. The van der Waals surface area contributed by atoms with E-state index < -0.39 is 0 Å². The summed E-state index contributed by atoms with van der Waals surface area (Å²) in [6.07, 6.45) is 0. The van der Waals surface area contributed by atoms with Gasteiger partial charge in [-0.3, -0.25) is 4.79 Å². The minimum atomic E-state index is -0.202. The van der Waals surface area contributed by atoms with Gasteiger partial charge in [-0.1, -0.05) is 0 Å². The van der Waals surface area contributed by atoms with Crippen LogP contribution in [0.15, 0.2) is 12.1 Å². The molecule has 1 rings (SSSR count). The number of carbonyl (C=O) groups is 1. The maximum atomic E-state index is 11.5. The van der Waals surface area contributed by atoms with E-state index in [4.69, 9.17) is 18.9 Å². The Morgan fingerprint density at radius 1 is 1.10 bits per heavy atom. The molecule has 0 saturated carbocycles. The van der Waals surface area contributed by atoms with Crippen LogP contribution in [0.1, 0.15) is 18.5 Å². The molecule has 0 spiro atoms. The van der Waals surface area contributed by atoms with Gasteiger partial charge in [-0.2, -0.15) is 0 Å². The van der Waals surface area contributed by atoms with Crippen LogP contribution in [-0.4, -0.2) is 41.0 Å². The predicted octanol–water partition coefficient (Wildman–Crippen LogP) is 1.54. The van der Waals surface area contributed by atoms with E-state index in [9.17, 15) is 4.79 Å². The molecule has 0 aliphatic carbocycles. The quantitative estimate of drug-likeness (QED) is 0.822. The number of ether oxygens (including phenoxy) is 4. The molecule has 1 N–H and O–H groups in total. The number of amides is 1. The molecule has 1 aromatic carbocycles. The SMILES string of the molecule is COCC(=O)N[C@H](C)c1cc(OC)c(OC)c(OC)c1. The molecule has 0 bridgehead atoms. The average Bonchev–Trinajstić information content (AvgIpc) is 2.45. The maximum absolute atomic E-state index is 11.5. The summed E-state index contributed by atoms with van der Waals surface area (Å²) in [5.41, 5.74) is 0.851. The van der Waals surface area contributed by atoms with Gasteiger partial charge < -0.3 is 24.3 Å². The second kappa shape index (κ2) is 7.59. The highest BCUT2D eigenvalue weighted by molar-refractivity contribution is 5.77. The summed E-state index contributed by atoms with van der Waals surface area (Å²) in [6, 6.07) is 3.41. The fourth-order valence-electron chi connectivity index (χ4n) is 1.85. The molecule has 0 saturated heterocycles. The largest absolute Gasteiger partial charge is 0.493 e. The van der Waals surface area contributed by atoms with Gasteiger partial charge >= 0.3 is 0 Å². The fourth-order valence-corrected chi connectivity index (χ4v) is 1.85. The van der Waals surface area contributed by atoms with Gasteiger partial charge in [0, 0.05) is 7.11 Å². The van der Waals surface area contributed by atoms with Crippen molar-refractivity contribution in [2.45, 2.75) is 13.0 Å². The van der Waals surface area contributed by atoms with Crippen LogP contribution in [0.25, 0.3) is 0 Å². The Hall–Kier alpha value is -1.95. The number of rotatable bonds is 7. The molecule has 112 valence electrons. The zero-order chi connectivity index (χ0) is 15.1. The molecular formula is C14H21NO5.